The molecule has 3 aromatic rings. The maximum atomic E-state index is 11.7. The zero-order valence-electron chi connectivity index (χ0n) is 17.5. The second-order valence-electron chi connectivity index (χ2n) is 7.25. The predicted molar refractivity (Wildman–Crippen MR) is 119 cm³/mol. The maximum absolute atomic E-state index is 11.7. The van der Waals surface area contributed by atoms with Crippen molar-refractivity contribution in [2.75, 3.05) is 7.11 Å². The number of carbonyl (C=O) groups excluding carboxylic acids is 1. The Labute approximate surface area is 177 Å². The lowest BCUT2D eigenvalue weighted by Gasteiger charge is -2.17. The van der Waals surface area contributed by atoms with E-state index in [1.807, 2.05) is 30.3 Å². The van der Waals surface area contributed by atoms with Gasteiger partial charge in [-0.15, -0.1) is 11.3 Å². The van der Waals surface area contributed by atoms with Gasteiger partial charge in [0.25, 0.3) is 0 Å². The van der Waals surface area contributed by atoms with Crippen LogP contribution in [0.1, 0.15) is 63.0 Å². The van der Waals surface area contributed by atoms with Crippen LogP contribution in [0.4, 0.5) is 0 Å². The first-order chi connectivity index (χ1) is 14.0. The Kier molecular flexibility index (Phi) is 7.24. The molecule has 3 nitrogen and oxygen atoms in total. The number of ether oxygens (including phenoxy) is 2. The Morgan fingerprint density at radius 2 is 1.79 bits per heavy atom. The fraction of sp³-hybridized carbons (Fsp3) is 0.320. The van der Waals surface area contributed by atoms with Crippen molar-refractivity contribution in [3.05, 3.63) is 86.6 Å². The lowest BCUT2D eigenvalue weighted by Crippen LogP contribution is -2.02. The average molecular weight is 409 g/mol. The molecule has 0 bridgehead atoms. The summed E-state index contributed by atoms with van der Waals surface area (Å²) < 4.78 is 11.2. The predicted octanol–water partition coefficient (Wildman–Crippen LogP) is 6.53. The Hall–Kier alpha value is -2.43. The van der Waals surface area contributed by atoms with E-state index in [4.69, 9.17) is 9.47 Å². The van der Waals surface area contributed by atoms with E-state index in [2.05, 4.69) is 38.1 Å². The number of Topliss-reactive ketones (excluding diaryl/α,β-unsaturated/α-hetero) is 1. The van der Waals surface area contributed by atoms with E-state index in [0.717, 1.165) is 22.6 Å². The molecule has 3 rings (SSSR count). The summed E-state index contributed by atoms with van der Waals surface area (Å²) in [5, 5.41) is 0. The van der Waals surface area contributed by atoms with Crippen LogP contribution in [0.5, 0.6) is 5.75 Å². The van der Waals surface area contributed by atoms with Crippen molar-refractivity contribution < 1.29 is 14.3 Å². The number of hydrogen-bond acceptors (Lipinski definition) is 4. The zero-order valence-corrected chi connectivity index (χ0v) is 18.3. The highest BCUT2D eigenvalue weighted by Gasteiger charge is 2.17. The minimum absolute atomic E-state index is 0.132. The zero-order chi connectivity index (χ0) is 20.8. The van der Waals surface area contributed by atoms with E-state index in [1.54, 1.807) is 25.4 Å². The van der Waals surface area contributed by atoms with Crippen LogP contribution in [0.15, 0.2) is 54.6 Å². The highest BCUT2D eigenvalue weighted by Crippen LogP contribution is 2.34. The number of thiophene rings is 1. The van der Waals surface area contributed by atoms with Crippen LogP contribution in [0.25, 0.3) is 0 Å². The van der Waals surface area contributed by atoms with Crippen LogP contribution in [0.3, 0.4) is 0 Å². The summed E-state index contributed by atoms with van der Waals surface area (Å²) in [5.74, 6) is 1.28. The van der Waals surface area contributed by atoms with Crippen molar-refractivity contribution in [2.24, 2.45) is 0 Å². The molecule has 0 spiro atoms. The Balaban J connectivity index is 1.71. The first-order valence-corrected chi connectivity index (χ1v) is 10.7. The SMILES string of the molecule is CCC(c1ccc(C)c(COCc2ccc(OC)cc2)c1)c1ccc(C(C)=O)s1. The van der Waals surface area contributed by atoms with E-state index in [1.165, 1.54) is 21.6 Å². The summed E-state index contributed by atoms with van der Waals surface area (Å²) in [5.41, 5.74) is 4.84. The minimum Gasteiger partial charge on any atom is -0.497 e. The second kappa shape index (κ2) is 9.86. The summed E-state index contributed by atoms with van der Waals surface area (Å²) in [4.78, 5) is 13.7. The van der Waals surface area contributed by atoms with Crippen LogP contribution < -0.4 is 4.74 Å². The van der Waals surface area contributed by atoms with Crippen LogP contribution in [-0.4, -0.2) is 12.9 Å². The quantitative estimate of drug-likeness (QED) is 0.378. The van der Waals surface area contributed by atoms with Gasteiger partial charge in [-0.3, -0.25) is 4.79 Å². The molecule has 0 saturated heterocycles. The fourth-order valence-corrected chi connectivity index (χ4v) is 4.51. The third-order valence-corrected chi connectivity index (χ3v) is 6.49. The monoisotopic (exact) mass is 408 g/mol. The molecule has 4 heteroatoms. The molecule has 2 aromatic carbocycles. The van der Waals surface area contributed by atoms with Gasteiger partial charge in [0, 0.05) is 10.8 Å². The first kappa shape index (κ1) is 21.3. The van der Waals surface area contributed by atoms with E-state index in [9.17, 15) is 4.79 Å². The van der Waals surface area contributed by atoms with E-state index in [0.29, 0.717) is 19.1 Å². The molecule has 152 valence electrons. The van der Waals surface area contributed by atoms with Gasteiger partial charge < -0.3 is 9.47 Å². The molecule has 0 aliphatic heterocycles. The number of benzene rings is 2. The molecule has 0 fully saturated rings. The fourth-order valence-electron chi connectivity index (χ4n) is 3.39. The molecule has 0 radical (unpaired) electrons. The minimum atomic E-state index is 0.132. The smallest absolute Gasteiger partial charge is 0.169 e. The van der Waals surface area contributed by atoms with Crippen molar-refractivity contribution in [3.63, 3.8) is 0 Å². The van der Waals surface area contributed by atoms with Gasteiger partial charge in [0.2, 0.25) is 0 Å². The molecule has 1 atom stereocenters. The second-order valence-corrected chi connectivity index (χ2v) is 8.36. The van der Waals surface area contributed by atoms with E-state index >= 15 is 0 Å². The highest BCUT2D eigenvalue weighted by molar-refractivity contribution is 7.14. The molecule has 1 heterocycles. The third-order valence-electron chi connectivity index (χ3n) is 5.19. The molecular weight excluding hydrogens is 380 g/mol. The first-order valence-electron chi connectivity index (χ1n) is 9.92. The van der Waals surface area contributed by atoms with Gasteiger partial charge in [0.15, 0.2) is 5.78 Å². The van der Waals surface area contributed by atoms with Crippen molar-refractivity contribution in [2.45, 2.75) is 46.3 Å². The number of rotatable bonds is 9. The number of ketones is 1. The van der Waals surface area contributed by atoms with E-state index in [-0.39, 0.29) is 5.78 Å². The summed E-state index contributed by atoms with van der Waals surface area (Å²) in [6, 6.07) is 18.6. The molecular formula is C25H28O3S. The average Bonchev–Trinajstić information content (AvgIpc) is 3.21. The normalized spacial score (nSPS) is 12.0. The van der Waals surface area contributed by atoms with Gasteiger partial charge in [-0.2, -0.15) is 0 Å². The molecule has 0 saturated carbocycles. The van der Waals surface area contributed by atoms with Crippen LogP contribution in [0.2, 0.25) is 0 Å². The highest BCUT2D eigenvalue weighted by atomic mass is 32.1. The van der Waals surface area contributed by atoms with Gasteiger partial charge >= 0.3 is 0 Å². The molecule has 0 aliphatic rings. The Morgan fingerprint density at radius 3 is 2.41 bits per heavy atom. The molecule has 0 N–H and O–H groups in total. The van der Waals surface area contributed by atoms with Crippen LogP contribution in [-0.2, 0) is 18.0 Å². The number of carbonyl (C=O) groups is 1. The number of hydrogen-bond donors (Lipinski definition) is 0. The lowest BCUT2D eigenvalue weighted by molar-refractivity contribution is 0.102. The van der Waals surface area contributed by atoms with E-state index < -0.39 is 0 Å². The summed E-state index contributed by atoms with van der Waals surface area (Å²) >= 11 is 1.61. The Morgan fingerprint density at radius 1 is 1.03 bits per heavy atom. The van der Waals surface area contributed by atoms with Gasteiger partial charge in [-0.1, -0.05) is 37.3 Å². The van der Waals surface area contributed by atoms with Crippen LogP contribution in [0, 0.1) is 6.92 Å². The van der Waals surface area contributed by atoms with Crippen molar-refractivity contribution in [1.82, 2.24) is 0 Å². The lowest BCUT2D eigenvalue weighted by atomic mass is 9.92. The topological polar surface area (TPSA) is 35.5 Å². The molecule has 0 aliphatic carbocycles. The van der Waals surface area contributed by atoms with Crippen molar-refractivity contribution in [3.8, 4) is 5.75 Å². The van der Waals surface area contributed by atoms with Gasteiger partial charge in [-0.25, -0.2) is 0 Å². The van der Waals surface area contributed by atoms with Gasteiger partial charge in [0.1, 0.15) is 5.75 Å². The summed E-state index contributed by atoms with van der Waals surface area (Å²) in [6.45, 7) is 7.08. The largest absolute Gasteiger partial charge is 0.497 e. The van der Waals surface area contributed by atoms with Crippen molar-refractivity contribution in [1.29, 1.82) is 0 Å². The van der Waals surface area contributed by atoms with Gasteiger partial charge in [-0.05, 0) is 66.8 Å². The summed E-state index contributed by atoms with van der Waals surface area (Å²) in [6.07, 6.45) is 0.993. The number of methoxy groups -OCH3 is 1. The van der Waals surface area contributed by atoms with Crippen LogP contribution >= 0.6 is 11.3 Å². The summed E-state index contributed by atoms with van der Waals surface area (Å²) in [7, 11) is 1.67. The molecule has 1 unspecified atom stereocenters. The van der Waals surface area contributed by atoms with Gasteiger partial charge in [0.05, 0.1) is 25.2 Å². The molecule has 29 heavy (non-hydrogen) atoms. The standard InChI is InChI=1S/C25H28O3S/c1-5-23(25-13-12-24(29-25)18(3)26)20-9-6-17(2)21(14-20)16-28-15-19-7-10-22(27-4)11-8-19/h6-14,23H,5,15-16H2,1-4H3. The number of aryl methyl sites for hydroxylation is 1. The molecule has 0 amide bonds. The Bertz CT molecular complexity index is 956. The van der Waals surface area contributed by atoms with Crippen molar-refractivity contribution >= 4 is 17.1 Å². The maximum Gasteiger partial charge on any atom is 0.169 e. The molecule has 1 aromatic heterocycles. The third kappa shape index (κ3) is 5.34.